The molecule has 2 saturated carbocycles. The van der Waals surface area contributed by atoms with Gasteiger partial charge in [0.25, 0.3) is 11.8 Å². The maximum Gasteiger partial charge on any atom is 0.340 e. The Labute approximate surface area is 281 Å². The van der Waals surface area contributed by atoms with E-state index >= 15 is 0 Å². The van der Waals surface area contributed by atoms with E-state index in [1.165, 1.54) is 29.9 Å². The number of imide groups is 1. The summed E-state index contributed by atoms with van der Waals surface area (Å²) >= 11 is 0. The molecule has 250 valence electrons. The standard InChI is InChI=1S/C39H43N3O6/c1-3-5-8-28-39-17-13-23(24-9-10-25-27(47-36(45)33(25)34(24)39)20-38(4-2)15-6-7-16-38)32(35(39)37(46)48-28)26(22-14-18-41-29(40)19-22)21-42-30(43)11-12-31(42)44/h8,11-12,14,18-20,23-24,26,34H,3-7,9-10,13,15-17,21H2,1-2H3,(H2,40,41)/b27-20?,28-8-/t23-,24-,26+,34+,39-/m0/s1. The van der Waals surface area contributed by atoms with Gasteiger partial charge in [0.1, 0.15) is 17.3 Å². The molecule has 1 spiro atoms. The molecule has 2 bridgehead atoms. The van der Waals surface area contributed by atoms with Crippen molar-refractivity contribution >= 4 is 29.6 Å². The Morgan fingerprint density at radius 1 is 1.04 bits per heavy atom. The highest BCUT2D eigenvalue weighted by atomic mass is 16.5. The van der Waals surface area contributed by atoms with Gasteiger partial charge >= 0.3 is 11.9 Å². The van der Waals surface area contributed by atoms with Crippen molar-refractivity contribution in [3.63, 3.8) is 0 Å². The third-order valence-electron chi connectivity index (χ3n) is 12.6. The van der Waals surface area contributed by atoms with Gasteiger partial charge in [-0.2, -0.15) is 0 Å². The SMILES string of the molecule is CCC/C=C1\OC(=O)C2=C([C@H](CN3C(=O)C=CC3=O)c3ccnc(N)c3)[C@H]3CC[C@]21[C@H]1C2=C(CC[C@@H]31)C(=CC1(CC)CCCC1)OC2=O. The summed E-state index contributed by atoms with van der Waals surface area (Å²) in [6.45, 7) is 4.39. The minimum Gasteiger partial charge on any atom is -0.427 e. The highest BCUT2D eigenvalue weighted by Gasteiger charge is 2.69. The number of carbonyl (C=O) groups excluding carboxylic acids is 4. The van der Waals surface area contributed by atoms with E-state index in [0.717, 1.165) is 79.4 Å². The number of cyclic esters (lactones) is 2. The molecule has 9 rings (SSSR count). The van der Waals surface area contributed by atoms with Crippen molar-refractivity contribution in [2.45, 2.75) is 90.4 Å². The lowest BCUT2D eigenvalue weighted by atomic mass is 9.43. The number of nitrogens with two attached hydrogens (primary N) is 1. The Bertz CT molecular complexity index is 1770. The predicted molar refractivity (Wildman–Crippen MR) is 177 cm³/mol. The van der Waals surface area contributed by atoms with Crippen LogP contribution < -0.4 is 5.73 Å². The number of anilines is 1. The molecule has 0 aromatic carbocycles. The van der Waals surface area contributed by atoms with Crippen molar-refractivity contribution in [3.05, 3.63) is 82.0 Å². The van der Waals surface area contributed by atoms with Crippen LogP contribution in [0.3, 0.4) is 0 Å². The zero-order chi connectivity index (χ0) is 33.4. The number of esters is 2. The van der Waals surface area contributed by atoms with E-state index in [-0.39, 0.29) is 47.5 Å². The molecule has 4 heterocycles. The monoisotopic (exact) mass is 649 g/mol. The third kappa shape index (κ3) is 4.45. The number of amides is 2. The van der Waals surface area contributed by atoms with Gasteiger partial charge in [0, 0.05) is 47.9 Å². The molecule has 48 heavy (non-hydrogen) atoms. The topological polar surface area (TPSA) is 129 Å². The number of ether oxygens (including phenoxy) is 2. The number of fused-ring (bicyclic) bond motifs is 1. The second kappa shape index (κ2) is 11.4. The summed E-state index contributed by atoms with van der Waals surface area (Å²) in [7, 11) is 0. The summed E-state index contributed by atoms with van der Waals surface area (Å²) < 4.78 is 12.5. The molecule has 2 amide bonds. The highest BCUT2D eigenvalue weighted by Crippen LogP contribution is 2.71. The van der Waals surface area contributed by atoms with Crippen LogP contribution >= 0.6 is 0 Å². The van der Waals surface area contributed by atoms with Crippen molar-refractivity contribution < 1.29 is 28.7 Å². The summed E-state index contributed by atoms with van der Waals surface area (Å²) in [5.41, 5.74) is 9.44. The lowest BCUT2D eigenvalue weighted by molar-refractivity contribution is -0.137. The number of rotatable bonds is 8. The van der Waals surface area contributed by atoms with Crippen LogP contribution in [-0.4, -0.2) is 40.2 Å². The molecule has 1 aromatic rings. The van der Waals surface area contributed by atoms with Gasteiger partial charge in [0.15, 0.2) is 0 Å². The van der Waals surface area contributed by atoms with Crippen LogP contribution in [0.4, 0.5) is 5.82 Å². The van der Waals surface area contributed by atoms with E-state index in [2.05, 4.69) is 31.0 Å². The Kier molecular flexibility index (Phi) is 7.38. The second-order valence-electron chi connectivity index (χ2n) is 14.8. The number of carbonyl (C=O) groups is 4. The number of pyridine rings is 1. The third-order valence-corrected chi connectivity index (χ3v) is 12.6. The molecule has 8 aliphatic rings. The number of allylic oxidation sites excluding steroid dienone is 4. The van der Waals surface area contributed by atoms with Crippen molar-refractivity contribution in [1.82, 2.24) is 9.88 Å². The van der Waals surface area contributed by atoms with Crippen molar-refractivity contribution in [2.75, 3.05) is 12.3 Å². The lowest BCUT2D eigenvalue weighted by Gasteiger charge is -2.57. The lowest BCUT2D eigenvalue weighted by Crippen LogP contribution is -2.53. The summed E-state index contributed by atoms with van der Waals surface area (Å²) in [6, 6.07) is 3.63. The Morgan fingerprint density at radius 2 is 1.81 bits per heavy atom. The van der Waals surface area contributed by atoms with Crippen molar-refractivity contribution in [3.8, 4) is 0 Å². The smallest absolute Gasteiger partial charge is 0.340 e. The molecular weight excluding hydrogens is 606 g/mol. The number of nitrogens with zero attached hydrogens (tertiary/aromatic N) is 2. The van der Waals surface area contributed by atoms with Gasteiger partial charge in [-0.15, -0.1) is 0 Å². The Balaban J connectivity index is 1.33. The molecule has 3 aliphatic heterocycles. The van der Waals surface area contributed by atoms with Crippen LogP contribution in [0.2, 0.25) is 0 Å². The van der Waals surface area contributed by atoms with Crippen LogP contribution in [0.5, 0.6) is 0 Å². The maximum absolute atomic E-state index is 14.3. The van der Waals surface area contributed by atoms with Crippen LogP contribution in [0.25, 0.3) is 0 Å². The van der Waals surface area contributed by atoms with E-state index in [1.54, 1.807) is 12.3 Å². The zero-order valence-corrected chi connectivity index (χ0v) is 27.8. The minimum atomic E-state index is -0.833. The maximum atomic E-state index is 14.3. The Hall–Kier alpha value is -4.27. The van der Waals surface area contributed by atoms with E-state index in [1.807, 2.05) is 6.07 Å². The molecule has 5 atom stereocenters. The van der Waals surface area contributed by atoms with Gasteiger partial charge in [-0.25, -0.2) is 14.6 Å². The Morgan fingerprint density at radius 3 is 2.52 bits per heavy atom. The molecule has 1 saturated heterocycles. The predicted octanol–water partition coefficient (Wildman–Crippen LogP) is 6.35. The molecule has 1 aromatic heterocycles. The molecule has 2 N–H and O–H groups in total. The summed E-state index contributed by atoms with van der Waals surface area (Å²) in [4.78, 5) is 59.7. The van der Waals surface area contributed by atoms with E-state index in [9.17, 15) is 19.2 Å². The molecule has 9 heteroatoms. The first-order valence-electron chi connectivity index (χ1n) is 17.8. The van der Waals surface area contributed by atoms with Gasteiger partial charge in [-0.05, 0) is 104 Å². The fourth-order valence-corrected chi connectivity index (χ4v) is 10.5. The number of unbranched alkanes of at least 4 members (excludes halogenated alkanes) is 1. The van der Waals surface area contributed by atoms with E-state index in [4.69, 9.17) is 15.2 Å². The molecular formula is C39H43N3O6. The van der Waals surface area contributed by atoms with Crippen molar-refractivity contribution in [2.24, 2.45) is 28.6 Å². The van der Waals surface area contributed by atoms with Crippen LogP contribution in [0.15, 0.2) is 76.4 Å². The number of hydrogen-bond acceptors (Lipinski definition) is 8. The molecule has 0 unspecified atom stereocenters. The first-order valence-corrected chi connectivity index (χ1v) is 17.8. The normalized spacial score (nSPS) is 32.4. The zero-order valence-electron chi connectivity index (χ0n) is 27.8. The van der Waals surface area contributed by atoms with Gasteiger partial charge in [-0.1, -0.05) is 33.1 Å². The first kappa shape index (κ1) is 31.0. The van der Waals surface area contributed by atoms with Crippen LogP contribution in [0, 0.1) is 28.6 Å². The second-order valence-corrected chi connectivity index (χ2v) is 14.8. The largest absolute Gasteiger partial charge is 0.427 e. The van der Waals surface area contributed by atoms with E-state index in [0.29, 0.717) is 23.6 Å². The average Bonchev–Trinajstić information content (AvgIpc) is 3.84. The number of aromatic nitrogens is 1. The first-order chi connectivity index (χ1) is 23.2. The van der Waals surface area contributed by atoms with E-state index < -0.39 is 17.3 Å². The highest BCUT2D eigenvalue weighted by molar-refractivity contribution is 6.13. The van der Waals surface area contributed by atoms with Gasteiger partial charge < -0.3 is 15.2 Å². The number of nitrogen functional groups attached to an aromatic ring is 1. The van der Waals surface area contributed by atoms with Crippen LogP contribution in [0.1, 0.15) is 96.0 Å². The fraction of sp³-hybridized carbons (Fsp3) is 0.513. The van der Waals surface area contributed by atoms with Gasteiger partial charge in [0.2, 0.25) is 0 Å². The fourth-order valence-electron chi connectivity index (χ4n) is 10.5. The number of hydrogen-bond donors (Lipinski definition) is 1. The van der Waals surface area contributed by atoms with Crippen molar-refractivity contribution in [1.29, 1.82) is 0 Å². The average molecular weight is 650 g/mol. The van der Waals surface area contributed by atoms with Gasteiger partial charge in [-0.3, -0.25) is 14.5 Å². The molecule has 9 nitrogen and oxygen atoms in total. The molecule has 3 fully saturated rings. The molecule has 5 aliphatic carbocycles. The summed E-state index contributed by atoms with van der Waals surface area (Å²) in [6.07, 6.45) is 18.8. The minimum absolute atomic E-state index is 0.0501. The molecule has 0 radical (unpaired) electrons. The van der Waals surface area contributed by atoms with Crippen LogP contribution in [-0.2, 0) is 28.7 Å². The summed E-state index contributed by atoms with van der Waals surface area (Å²) in [5, 5.41) is 0. The van der Waals surface area contributed by atoms with Gasteiger partial charge in [0.05, 0.1) is 11.0 Å². The quantitative estimate of drug-likeness (QED) is 0.255. The summed E-state index contributed by atoms with van der Waals surface area (Å²) in [5.74, 6) is -0.507.